The second-order valence-corrected chi connectivity index (χ2v) is 6.88. The van der Waals surface area contributed by atoms with E-state index in [2.05, 4.69) is 13.0 Å². The van der Waals surface area contributed by atoms with Gasteiger partial charge in [-0.3, -0.25) is 0 Å². The van der Waals surface area contributed by atoms with E-state index in [-0.39, 0.29) is 17.8 Å². The Balaban J connectivity index is 2.14. The molecule has 148 valence electrons. The van der Waals surface area contributed by atoms with Gasteiger partial charge in [-0.25, -0.2) is 4.79 Å². The van der Waals surface area contributed by atoms with Crippen LogP contribution in [0.3, 0.4) is 0 Å². The molecule has 0 aromatic rings. The molecule has 26 heavy (non-hydrogen) atoms. The fourth-order valence-electron chi connectivity index (χ4n) is 3.75. The summed E-state index contributed by atoms with van der Waals surface area (Å²) in [6.45, 7) is 6.39. The van der Waals surface area contributed by atoms with Crippen LogP contribution in [0.4, 0.5) is 0 Å². The average Bonchev–Trinajstić information content (AvgIpc) is 3.04. The van der Waals surface area contributed by atoms with Crippen molar-refractivity contribution >= 4 is 5.97 Å². The quantitative estimate of drug-likeness (QED) is 0.362. The summed E-state index contributed by atoms with van der Waals surface area (Å²) in [4.78, 5) is 12.1. The van der Waals surface area contributed by atoms with Crippen molar-refractivity contribution in [2.45, 2.75) is 71.6 Å². The molecule has 0 spiro atoms. The molecule has 6 heteroatoms. The van der Waals surface area contributed by atoms with Crippen molar-refractivity contribution < 1.29 is 28.8 Å². The van der Waals surface area contributed by atoms with Crippen molar-refractivity contribution in [3.63, 3.8) is 0 Å². The van der Waals surface area contributed by atoms with Gasteiger partial charge in [0.25, 0.3) is 0 Å². The second kappa shape index (κ2) is 10.1. The minimum absolute atomic E-state index is 0.0524. The zero-order valence-electron chi connectivity index (χ0n) is 16.3. The molecule has 2 aliphatic rings. The predicted molar refractivity (Wildman–Crippen MR) is 97.0 cm³/mol. The molecule has 0 amide bonds. The van der Waals surface area contributed by atoms with Crippen molar-refractivity contribution in [1.29, 1.82) is 0 Å². The fraction of sp³-hybridized carbons (Fsp3) is 0.750. The maximum Gasteiger partial charge on any atom is 0.337 e. The molecular weight excluding hydrogens is 336 g/mol. The minimum Gasteiger partial charge on any atom is -0.471 e. The number of aliphatic hydroxyl groups is 1. The number of carbonyl (C=O) groups excluding carboxylic acids is 1. The highest BCUT2D eigenvalue weighted by molar-refractivity contribution is 5.89. The van der Waals surface area contributed by atoms with Crippen LogP contribution in [-0.2, 0) is 23.7 Å². The molecule has 0 saturated heterocycles. The number of fused-ring (bicyclic) bond motifs is 1. The van der Waals surface area contributed by atoms with Gasteiger partial charge in [0.1, 0.15) is 0 Å². The first-order valence-electron chi connectivity index (χ1n) is 9.59. The highest BCUT2D eigenvalue weighted by Gasteiger charge is 2.45. The second-order valence-electron chi connectivity index (χ2n) is 6.88. The molecule has 5 atom stereocenters. The first kappa shape index (κ1) is 20.9. The van der Waals surface area contributed by atoms with Gasteiger partial charge in [0.05, 0.1) is 31.0 Å². The van der Waals surface area contributed by atoms with Crippen molar-refractivity contribution in [2.75, 3.05) is 13.7 Å². The van der Waals surface area contributed by atoms with Crippen molar-refractivity contribution in [1.82, 2.24) is 0 Å². The van der Waals surface area contributed by atoms with Gasteiger partial charge in [-0.2, -0.15) is 0 Å². The van der Waals surface area contributed by atoms with E-state index < -0.39 is 18.7 Å². The maximum atomic E-state index is 12.1. The highest BCUT2D eigenvalue weighted by Crippen LogP contribution is 2.45. The van der Waals surface area contributed by atoms with Crippen LogP contribution in [0.5, 0.6) is 0 Å². The molecule has 0 saturated carbocycles. The smallest absolute Gasteiger partial charge is 0.337 e. The number of rotatable bonds is 10. The summed E-state index contributed by atoms with van der Waals surface area (Å²) in [7, 11) is 1.37. The molecule has 6 nitrogen and oxygen atoms in total. The van der Waals surface area contributed by atoms with Crippen LogP contribution in [-0.4, -0.2) is 43.5 Å². The third kappa shape index (κ3) is 5.09. The van der Waals surface area contributed by atoms with Gasteiger partial charge in [0, 0.05) is 12.5 Å². The van der Waals surface area contributed by atoms with E-state index in [1.807, 2.05) is 13.8 Å². The number of carbonyl (C=O) groups is 1. The van der Waals surface area contributed by atoms with Crippen LogP contribution in [0.2, 0.25) is 0 Å². The Morgan fingerprint density at radius 3 is 2.85 bits per heavy atom. The summed E-state index contributed by atoms with van der Waals surface area (Å²) in [5, 5.41) is 10.4. The molecule has 2 unspecified atom stereocenters. The fourth-order valence-corrected chi connectivity index (χ4v) is 3.75. The van der Waals surface area contributed by atoms with E-state index in [4.69, 9.17) is 18.9 Å². The molecule has 1 N–H and O–H groups in total. The maximum absolute atomic E-state index is 12.1. The first-order chi connectivity index (χ1) is 12.5. The van der Waals surface area contributed by atoms with Gasteiger partial charge in [-0.1, -0.05) is 31.4 Å². The lowest BCUT2D eigenvalue weighted by atomic mass is 9.81. The van der Waals surface area contributed by atoms with Gasteiger partial charge in [-0.05, 0) is 33.1 Å². The summed E-state index contributed by atoms with van der Waals surface area (Å²) in [5.74, 6) is -0.547. The molecule has 0 aromatic carbocycles. The van der Waals surface area contributed by atoms with Crippen molar-refractivity contribution in [2.24, 2.45) is 11.8 Å². The summed E-state index contributed by atoms with van der Waals surface area (Å²) in [6, 6.07) is 0. The van der Waals surface area contributed by atoms with Crippen molar-refractivity contribution in [3.05, 3.63) is 23.5 Å². The van der Waals surface area contributed by atoms with Gasteiger partial charge >= 0.3 is 5.97 Å². The molecule has 0 aromatic heterocycles. The van der Waals surface area contributed by atoms with E-state index in [9.17, 15) is 9.90 Å². The van der Waals surface area contributed by atoms with E-state index in [1.54, 1.807) is 0 Å². The summed E-state index contributed by atoms with van der Waals surface area (Å²) in [6.07, 6.45) is 6.33. The Morgan fingerprint density at radius 1 is 1.42 bits per heavy atom. The minimum atomic E-state index is -0.540. The molecular formula is C20H32O6. The molecule has 0 radical (unpaired) electrons. The van der Waals surface area contributed by atoms with E-state index in [0.29, 0.717) is 25.0 Å². The van der Waals surface area contributed by atoms with Gasteiger partial charge in [-0.15, -0.1) is 0 Å². The zero-order chi connectivity index (χ0) is 19.1. The van der Waals surface area contributed by atoms with Gasteiger partial charge < -0.3 is 24.1 Å². The van der Waals surface area contributed by atoms with E-state index in [0.717, 1.165) is 24.8 Å². The molecule has 1 aliphatic heterocycles. The number of hydrogen-bond donors (Lipinski definition) is 1. The standard InChI is InChI=1S/C20H32O6/c1-5-7-8-15(21)11-14-9-10-16-17(19(22)23-4)12-25-20(18(14)16)26-13(3)24-6-2/h9,12-13,15-16,18,20-21H,5-8,10-11H2,1-4H3/t13?,15?,16-,18+,20+/m1/s1. The Morgan fingerprint density at radius 2 is 2.19 bits per heavy atom. The average molecular weight is 368 g/mol. The number of esters is 1. The molecule has 0 fully saturated rings. The lowest BCUT2D eigenvalue weighted by Gasteiger charge is -2.36. The van der Waals surface area contributed by atoms with Crippen LogP contribution in [0.1, 0.15) is 52.9 Å². The van der Waals surface area contributed by atoms with Gasteiger partial charge in [0.2, 0.25) is 6.29 Å². The molecule has 1 aliphatic carbocycles. The summed E-state index contributed by atoms with van der Waals surface area (Å²) >= 11 is 0. The number of methoxy groups -OCH3 is 1. The predicted octanol–water partition coefficient (Wildman–Crippen LogP) is 3.30. The van der Waals surface area contributed by atoms with Crippen LogP contribution in [0, 0.1) is 11.8 Å². The first-order valence-corrected chi connectivity index (χ1v) is 9.59. The van der Waals surface area contributed by atoms with Crippen LogP contribution in [0.25, 0.3) is 0 Å². The number of ether oxygens (including phenoxy) is 4. The Labute approximate surface area is 156 Å². The lowest BCUT2D eigenvalue weighted by molar-refractivity contribution is -0.242. The zero-order valence-corrected chi connectivity index (χ0v) is 16.3. The number of hydrogen-bond acceptors (Lipinski definition) is 6. The van der Waals surface area contributed by atoms with E-state index >= 15 is 0 Å². The highest BCUT2D eigenvalue weighted by atomic mass is 16.8. The Hall–Kier alpha value is -1.37. The SMILES string of the molecule is CCCCC(O)CC1=CC[C@@H]2C(C(=O)OC)=CO[C@@H](OC(C)OCC)[C@@H]12. The Bertz CT molecular complexity index is 526. The third-order valence-electron chi connectivity index (χ3n) is 5.03. The lowest BCUT2D eigenvalue weighted by Crippen LogP contribution is -2.39. The molecule has 0 bridgehead atoms. The monoisotopic (exact) mass is 368 g/mol. The normalized spacial score (nSPS) is 27.0. The van der Waals surface area contributed by atoms with Crippen LogP contribution < -0.4 is 0 Å². The van der Waals surface area contributed by atoms with Crippen molar-refractivity contribution in [3.8, 4) is 0 Å². The molecule has 2 rings (SSSR count). The summed E-state index contributed by atoms with van der Waals surface area (Å²) < 4.78 is 22.1. The largest absolute Gasteiger partial charge is 0.471 e. The third-order valence-corrected chi connectivity index (χ3v) is 5.03. The topological polar surface area (TPSA) is 74.2 Å². The Kier molecular flexibility index (Phi) is 8.13. The van der Waals surface area contributed by atoms with Crippen LogP contribution >= 0.6 is 0 Å². The van der Waals surface area contributed by atoms with Gasteiger partial charge in [0.15, 0.2) is 6.29 Å². The number of allylic oxidation sites excluding steroid dienone is 1. The number of unbranched alkanes of at least 4 members (excludes halogenated alkanes) is 1. The summed E-state index contributed by atoms with van der Waals surface area (Å²) in [5.41, 5.74) is 1.61. The van der Waals surface area contributed by atoms with E-state index in [1.165, 1.54) is 13.4 Å². The van der Waals surface area contributed by atoms with Crippen LogP contribution in [0.15, 0.2) is 23.5 Å². The molecule has 1 heterocycles. The number of aliphatic hydroxyl groups excluding tert-OH is 1.